The molecule has 0 fully saturated rings. The van der Waals surface area contributed by atoms with Crippen LogP contribution in [0, 0.1) is 0 Å². The lowest BCUT2D eigenvalue weighted by atomic mass is 10.1. The zero-order chi connectivity index (χ0) is 13.9. The number of nitrogens with one attached hydrogen (secondary N) is 3. The molecule has 1 aromatic heterocycles. The summed E-state index contributed by atoms with van der Waals surface area (Å²) in [6.45, 7) is 2.94. The molecule has 1 heterocycles. The quantitative estimate of drug-likeness (QED) is 0.680. The van der Waals surface area contributed by atoms with Gasteiger partial charge in [0.2, 0.25) is 0 Å². The van der Waals surface area contributed by atoms with Crippen molar-refractivity contribution in [3.63, 3.8) is 0 Å². The van der Waals surface area contributed by atoms with E-state index in [0.29, 0.717) is 0 Å². The second-order valence-electron chi connectivity index (χ2n) is 4.97. The van der Waals surface area contributed by atoms with Crippen molar-refractivity contribution in [2.45, 2.75) is 19.5 Å². The first kappa shape index (κ1) is 12.7. The van der Waals surface area contributed by atoms with Gasteiger partial charge in [-0.15, -0.1) is 0 Å². The van der Waals surface area contributed by atoms with Crippen LogP contribution in [-0.4, -0.2) is 9.97 Å². The molecule has 4 nitrogen and oxygen atoms in total. The minimum absolute atomic E-state index is 0.165. The van der Waals surface area contributed by atoms with Crippen molar-refractivity contribution < 1.29 is 0 Å². The van der Waals surface area contributed by atoms with Gasteiger partial charge in [-0.3, -0.25) is 0 Å². The van der Waals surface area contributed by atoms with Crippen molar-refractivity contribution in [3.05, 3.63) is 70.1 Å². The third kappa shape index (κ3) is 2.65. The fourth-order valence-electron chi connectivity index (χ4n) is 2.30. The first-order valence-corrected chi connectivity index (χ1v) is 6.71. The maximum atomic E-state index is 11.3. The minimum Gasteiger partial charge on any atom is -0.306 e. The van der Waals surface area contributed by atoms with Gasteiger partial charge < -0.3 is 15.3 Å². The summed E-state index contributed by atoms with van der Waals surface area (Å²) in [4.78, 5) is 16.8. The molecular formula is C16H17N3O. The Hall–Kier alpha value is -2.33. The molecule has 0 aliphatic carbocycles. The molecule has 102 valence electrons. The normalized spacial score (nSPS) is 12.7. The predicted molar refractivity (Wildman–Crippen MR) is 80.6 cm³/mol. The summed E-state index contributed by atoms with van der Waals surface area (Å²) in [6, 6.07) is 16.5. The number of H-pyrrole nitrogens is 2. The highest BCUT2D eigenvalue weighted by Gasteiger charge is 2.07. The minimum atomic E-state index is -0.165. The van der Waals surface area contributed by atoms with E-state index in [-0.39, 0.29) is 11.7 Å². The van der Waals surface area contributed by atoms with Crippen molar-refractivity contribution in [1.82, 2.24) is 15.3 Å². The Bertz CT molecular complexity index is 758. The number of hydrogen-bond acceptors (Lipinski definition) is 2. The molecule has 0 aliphatic rings. The van der Waals surface area contributed by atoms with Crippen LogP contribution in [0.2, 0.25) is 0 Å². The van der Waals surface area contributed by atoms with E-state index in [1.54, 1.807) is 0 Å². The van der Waals surface area contributed by atoms with Gasteiger partial charge >= 0.3 is 5.69 Å². The molecule has 4 heteroatoms. The van der Waals surface area contributed by atoms with Gasteiger partial charge in [0, 0.05) is 12.6 Å². The number of imidazole rings is 1. The summed E-state index contributed by atoms with van der Waals surface area (Å²) in [5, 5.41) is 3.48. The van der Waals surface area contributed by atoms with E-state index in [2.05, 4.69) is 34.3 Å². The Kier molecular flexibility index (Phi) is 3.39. The molecule has 1 unspecified atom stereocenters. The van der Waals surface area contributed by atoms with Gasteiger partial charge in [-0.1, -0.05) is 36.4 Å². The highest BCUT2D eigenvalue weighted by Crippen LogP contribution is 2.17. The average molecular weight is 267 g/mol. The summed E-state index contributed by atoms with van der Waals surface area (Å²) < 4.78 is 0. The van der Waals surface area contributed by atoms with Crippen LogP contribution in [0.5, 0.6) is 0 Å². The second kappa shape index (κ2) is 5.35. The Balaban J connectivity index is 1.74. The monoisotopic (exact) mass is 267 g/mol. The van der Waals surface area contributed by atoms with E-state index in [1.165, 1.54) is 5.56 Å². The zero-order valence-corrected chi connectivity index (χ0v) is 11.3. The van der Waals surface area contributed by atoms with Crippen LogP contribution in [0.25, 0.3) is 11.0 Å². The predicted octanol–water partition coefficient (Wildman–Crippen LogP) is 2.71. The van der Waals surface area contributed by atoms with Gasteiger partial charge in [-0.2, -0.15) is 0 Å². The van der Waals surface area contributed by atoms with Crippen LogP contribution < -0.4 is 11.0 Å². The first-order valence-electron chi connectivity index (χ1n) is 6.71. The third-order valence-electron chi connectivity index (χ3n) is 3.50. The number of benzene rings is 2. The fourth-order valence-corrected chi connectivity index (χ4v) is 2.30. The molecule has 20 heavy (non-hydrogen) atoms. The van der Waals surface area contributed by atoms with Gasteiger partial charge in [0.1, 0.15) is 0 Å². The van der Waals surface area contributed by atoms with E-state index >= 15 is 0 Å². The molecule has 2 aromatic carbocycles. The highest BCUT2D eigenvalue weighted by atomic mass is 16.1. The summed E-state index contributed by atoms with van der Waals surface area (Å²) in [7, 11) is 0. The average Bonchev–Trinajstić information content (AvgIpc) is 2.85. The smallest absolute Gasteiger partial charge is 0.306 e. The number of hydrogen-bond donors (Lipinski definition) is 3. The van der Waals surface area contributed by atoms with Crippen LogP contribution in [0.3, 0.4) is 0 Å². The maximum Gasteiger partial charge on any atom is 0.323 e. The Morgan fingerprint density at radius 1 is 1.05 bits per heavy atom. The molecule has 0 radical (unpaired) electrons. The standard InChI is InChI=1S/C16H17N3O/c1-11(17-10-12-5-3-2-4-6-12)13-7-8-14-15(9-13)19-16(20)18-14/h2-9,11,17H,10H2,1H3,(H2,18,19,20). The number of fused-ring (bicyclic) bond motifs is 1. The largest absolute Gasteiger partial charge is 0.323 e. The van der Waals surface area contributed by atoms with Gasteiger partial charge in [0.15, 0.2) is 0 Å². The van der Waals surface area contributed by atoms with Crippen LogP contribution >= 0.6 is 0 Å². The summed E-state index contributed by atoms with van der Waals surface area (Å²) in [6.07, 6.45) is 0. The maximum absolute atomic E-state index is 11.3. The number of aromatic nitrogens is 2. The molecule has 1 atom stereocenters. The molecule has 0 saturated carbocycles. The van der Waals surface area contributed by atoms with Gasteiger partial charge in [0.05, 0.1) is 11.0 Å². The molecule has 0 bridgehead atoms. The van der Waals surface area contributed by atoms with Crippen molar-refractivity contribution >= 4 is 11.0 Å². The third-order valence-corrected chi connectivity index (χ3v) is 3.50. The molecule has 0 aliphatic heterocycles. The molecule has 0 saturated heterocycles. The lowest BCUT2D eigenvalue weighted by Gasteiger charge is -2.14. The fraction of sp³-hybridized carbons (Fsp3) is 0.188. The first-order chi connectivity index (χ1) is 9.72. The van der Waals surface area contributed by atoms with Crippen molar-refractivity contribution in [3.8, 4) is 0 Å². The topological polar surface area (TPSA) is 60.7 Å². The van der Waals surface area contributed by atoms with E-state index < -0.39 is 0 Å². The van der Waals surface area contributed by atoms with Crippen molar-refractivity contribution in [1.29, 1.82) is 0 Å². The molecule has 3 N–H and O–H groups in total. The lowest BCUT2D eigenvalue weighted by Crippen LogP contribution is -2.17. The summed E-state index contributed by atoms with van der Waals surface area (Å²) >= 11 is 0. The van der Waals surface area contributed by atoms with Gasteiger partial charge in [-0.05, 0) is 30.2 Å². The molecule has 3 rings (SSSR count). The molecular weight excluding hydrogens is 250 g/mol. The van der Waals surface area contributed by atoms with Crippen molar-refractivity contribution in [2.24, 2.45) is 0 Å². The second-order valence-corrected chi connectivity index (χ2v) is 4.97. The Morgan fingerprint density at radius 3 is 2.60 bits per heavy atom. The number of aromatic amines is 2. The van der Waals surface area contributed by atoms with Gasteiger partial charge in [0.25, 0.3) is 0 Å². The van der Waals surface area contributed by atoms with E-state index in [4.69, 9.17) is 0 Å². The van der Waals surface area contributed by atoms with E-state index in [9.17, 15) is 4.79 Å². The van der Waals surface area contributed by atoms with Crippen LogP contribution in [0.1, 0.15) is 24.1 Å². The Labute approximate surface area is 116 Å². The van der Waals surface area contributed by atoms with Gasteiger partial charge in [-0.25, -0.2) is 4.79 Å². The van der Waals surface area contributed by atoms with E-state index in [1.807, 2.05) is 36.4 Å². The summed E-state index contributed by atoms with van der Waals surface area (Å²) in [5.74, 6) is 0. The lowest BCUT2D eigenvalue weighted by molar-refractivity contribution is 0.575. The summed E-state index contributed by atoms with van der Waals surface area (Å²) in [5.41, 5.74) is 3.94. The van der Waals surface area contributed by atoms with E-state index in [0.717, 1.165) is 23.1 Å². The Morgan fingerprint density at radius 2 is 1.80 bits per heavy atom. The van der Waals surface area contributed by atoms with Crippen LogP contribution in [-0.2, 0) is 6.54 Å². The zero-order valence-electron chi connectivity index (χ0n) is 11.3. The number of rotatable bonds is 4. The molecule has 3 aromatic rings. The van der Waals surface area contributed by atoms with Crippen molar-refractivity contribution in [2.75, 3.05) is 0 Å². The van der Waals surface area contributed by atoms with Crippen LogP contribution in [0.15, 0.2) is 53.3 Å². The molecule has 0 spiro atoms. The highest BCUT2D eigenvalue weighted by molar-refractivity contribution is 5.75. The van der Waals surface area contributed by atoms with Crippen LogP contribution in [0.4, 0.5) is 0 Å². The molecule has 0 amide bonds. The SMILES string of the molecule is CC(NCc1ccccc1)c1ccc2[nH]c(=O)[nH]c2c1.